The van der Waals surface area contributed by atoms with Gasteiger partial charge < -0.3 is 4.90 Å². The monoisotopic (exact) mass is 306 g/mol. The van der Waals surface area contributed by atoms with E-state index in [2.05, 4.69) is 26.1 Å². The molecule has 0 bridgehead atoms. The van der Waals surface area contributed by atoms with Crippen LogP contribution in [-0.4, -0.2) is 22.9 Å². The largest absolute Gasteiger partial charge is 0.321 e. The molecule has 3 rings (SSSR count). The van der Waals surface area contributed by atoms with Crippen LogP contribution in [-0.2, 0) is 4.79 Å². The van der Waals surface area contributed by atoms with Crippen LogP contribution in [0.1, 0.15) is 51.8 Å². The summed E-state index contributed by atoms with van der Waals surface area (Å²) in [6.45, 7) is 7.44. The number of carbonyl (C=O) groups is 1. The maximum atomic E-state index is 12.7. The van der Waals surface area contributed by atoms with Crippen LogP contribution in [0.4, 0.5) is 0 Å². The van der Waals surface area contributed by atoms with Crippen molar-refractivity contribution in [3.8, 4) is 0 Å². The Morgan fingerprint density at radius 1 is 1.29 bits per heavy atom. The molecule has 0 radical (unpaired) electrons. The van der Waals surface area contributed by atoms with E-state index in [-0.39, 0.29) is 23.0 Å². The molecule has 1 spiro atoms. The fourth-order valence-electron chi connectivity index (χ4n) is 2.87. The predicted octanol–water partition coefficient (Wildman–Crippen LogP) is 3.74. The van der Waals surface area contributed by atoms with E-state index >= 15 is 0 Å². The van der Waals surface area contributed by atoms with Gasteiger partial charge in [0.2, 0.25) is 5.91 Å². The first-order valence-corrected chi connectivity index (χ1v) is 8.03. The standard InChI is InChI=1S/C17H23ClN2O/c1-16(2,3)10-11-20-14(12-4-6-13(18)7-5-12)19-17(8-9-17)15(20)21/h4-7,14,19H,8-11H2,1-3H3. The minimum Gasteiger partial charge on any atom is -0.321 e. The summed E-state index contributed by atoms with van der Waals surface area (Å²) in [6.07, 6.45) is 2.91. The van der Waals surface area contributed by atoms with E-state index in [1.165, 1.54) is 0 Å². The predicted molar refractivity (Wildman–Crippen MR) is 85.1 cm³/mol. The Hall–Kier alpha value is -1.06. The van der Waals surface area contributed by atoms with Gasteiger partial charge >= 0.3 is 0 Å². The molecule has 1 saturated carbocycles. The van der Waals surface area contributed by atoms with Gasteiger partial charge in [-0.3, -0.25) is 10.1 Å². The Morgan fingerprint density at radius 2 is 1.90 bits per heavy atom. The highest BCUT2D eigenvalue weighted by atomic mass is 35.5. The van der Waals surface area contributed by atoms with Gasteiger partial charge in [-0.2, -0.15) is 0 Å². The van der Waals surface area contributed by atoms with Gasteiger partial charge in [0.05, 0.1) is 0 Å². The molecule has 1 saturated heterocycles. The SMILES string of the molecule is CC(C)(C)CCN1C(=O)C2(CC2)NC1c1ccc(Cl)cc1. The number of nitrogens with zero attached hydrogens (tertiary/aromatic N) is 1. The Balaban J connectivity index is 1.82. The lowest BCUT2D eigenvalue weighted by Gasteiger charge is -2.28. The molecule has 1 heterocycles. The van der Waals surface area contributed by atoms with Crippen LogP contribution in [0.3, 0.4) is 0 Å². The molecule has 1 aromatic rings. The summed E-state index contributed by atoms with van der Waals surface area (Å²) in [5, 5.41) is 4.27. The average molecular weight is 307 g/mol. The van der Waals surface area contributed by atoms with Gasteiger partial charge in [0.25, 0.3) is 0 Å². The zero-order valence-electron chi connectivity index (χ0n) is 12.9. The summed E-state index contributed by atoms with van der Waals surface area (Å²) in [5.41, 5.74) is 1.07. The lowest BCUT2D eigenvalue weighted by atomic mass is 9.92. The molecule has 3 nitrogen and oxygen atoms in total. The molecule has 1 N–H and O–H groups in total. The van der Waals surface area contributed by atoms with Crippen molar-refractivity contribution < 1.29 is 4.79 Å². The molecular weight excluding hydrogens is 284 g/mol. The second-order valence-electron chi connectivity index (χ2n) is 7.49. The normalized spacial score (nSPS) is 23.9. The summed E-state index contributed by atoms with van der Waals surface area (Å²) < 4.78 is 0. The van der Waals surface area contributed by atoms with Crippen molar-refractivity contribution in [1.82, 2.24) is 10.2 Å². The van der Waals surface area contributed by atoms with Crippen molar-refractivity contribution in [2.24, 2.45) is 5.41 Å². The van der Waals surface area contributed by atoms with Crippen molar-refractivity contribution in [2.45, 2.75) is 51.7 Å². The summed E-state index contributed by atoms with van der Waals surface area (Å²) in [6, 6.07) is 7.81. The van der Waals surface area contributed by atoms with E-state index in [0.717, 1.165) is 36.4 Å². The molecule has 4 heteroatoms. The minimum atomic E-state index is -0.276. The lowest BCUT2D eigenvalue weighted by Crippen LogP contribution is -2.34. The number of nitrogens with one attached hydrogen (secondary N) is 1. The van der Waals surface area contributed by atoms with Gasteiger partial charge in [-0.05, 0) is 42.4 Å². The average Bonchev–Trinajstić information content (AvgIpc) is 3.12. The van der Waals surface area contributed by atoms with Crippen molar-refractivity contribution >= 4 is 17.5 Å². The maximum Gasteiger partial charge on any atom is 0.244 e. The van der Waals surface area contributed by atoms with Crippen molar-refractivity contribution in [2.75, 3.05) is 6.54 Å². The third kappa shape index (κ3) is 2.95. The second kappa shape index (κ2) is 4.99. The van der Waals surface area contributed by atoms with Crippen LogP contribution in [0.5, 0.6) is 0 Å². The first-order chi connectivity index (χ1) is 9.81. The number of hydrogen-bond acceptors (Lipinski definition) is 2. The van der Waals surface area contributed by atoms with Crippen LogP contribution in [0.2, 0.25) is 5.02 Å². The minimum absolute atomic E-state index is 0.0142. The molecule has 1 atom stereocenters. The van der Waals surface area contributed by atoms with Gasteiger partial charge in [0, 0.05) is 11.6 Å². The van der Waals surface area contributed by atoms with Gasteiger partial charge in [0.15, 0.2) is 0 Å². The van der Waals surface area contributed by atoms with Crippen molar-refractivity contribution in [3.63, 3.8) is 0 Å². The highest BCUT2D eigenvalue weighted by molar-refractivity contribution is 6.30. The molecule has 114 valence electrons. The zero-order valence-corrected chi connectivity index (χ0v) is 13.7. The Kier molecular flexibility index (Phi) is 3.53. The Labute approximate surface area is 131 Å². The summed E-state index contributed by atoms with van der Waals surface area (Å²) in [7, 11) is 0. The van der Waals surface area contributed by atoms with Gasteiger partial charge in [0.1, 0.15) is 11.7 Å². The van der Waals surface area contributed by atoms with Gasteiger partial charge in [-0.1, -0.05) is 44.5 Å². The van der Waals surface area contributed by atoms with E-state index in [1.807, 2.05) is 29.2 Å². The van der Waals surface area contributed by atoms with Crippen molar-refractivity contribution in [3.05, 3.63) is 34.9 Å². The molecule has 2 fully saturated rings. The van der Waals surface area contributed by atoms with Crippen LogP contribution in [0.15, 0.2) is 24.3 Å². The van der Waals surface area contributed by atoms with Crippen LogP contribution < -0.4 is 5.32 Å². The molecule has 1 unspecified atom stereocenters. The van der Waals surface area contributed by atoms with Crippen LogP contribution >= 0.6 is 11.6 Å². The summed E-state index contributed by atoms with van der Waals surface area (Å²) in [5.74, 6) is 0.270. The first kappa shape index (κ1) is 14.9. The van der Waals surface area contributed by atoms with Crippen molar-refractivity contribution in [1.29, 1.82) is 0 Å². The molecular formula is C17H23ClN2O. The molecule has 2 aliphatic rings. The highest BCUT2D eigenvalue weighted by Crippen LogP contribution is 2.46. The number of carbonyl (C=O) groups excluding carboxylic acids is 1. The van der Waals surface area contributed by atoms with E-state index in [9.17, 15) is 4.79 Å². The lowest BCUT2D eigenvalue weighted by molar-refractivity contribution is -0.131. The van der Waals surface area contributed by atoms with E-state index in [1.54, 1.807) is 0 Å². The fourth-order valence-corrected chi connectivity index (χ4v) is 3.00. The van der Waals surface area contributed by atoms with Crippen LogP contribution in [0.25, 0.3) is 0 Å². The molecule has 1 aliphatic carbocycles. The van der Waals surface area contributed by atoms with E-state index < -0.39 is 0 Å². The molecule has 1 amide bonds. The smallest absolute Gasteiger partial charge is 0.244 e. The van der Waals surface area contributed by atoms with E-state index in [4.69, 9.17) is 11.6 Å². The number of amides is 1. The van der Waals surface area contributed by atoms with E-state index in [0.29, 0.717) is 0 Å². The third-order valence-corrected chi connectivity index (χ3v) is 4.69. The third-order valence-electron chi connectivity index (χ3n) is 4.43. The van der Waals surface area contributed by atoms with Crippen LogP contribution in [0, 0.1) is 5.41 Å². The maximum absolute atomic E-state index is 12.7. The van der Waals surface area contributed by atoms with Gasteiger partial charge in [-0.15, -0.1) is 0 Å². The number of rotatable bonds is 3. The zero-order chi connectivity index (χ0) is 15.3. The molecule has 1 aromatic carbocycles. The first-order valence-electron chi connectivity index (χ1n) is 7.65. The molecule has 21 heavy (non-hydrogen) atoms. The summed E-state index contributed by atoms with van der Waals surface area (Å²) in [4.78, 5) is 14.7. The second-order valence-corrected chi connectivity index (χ2v) is 7.93. The number of benzene rings is 1. The highest BCUT2D eigenvalue weighted by Gasteiger charge is 2.59. The quantitative estimate of drug-likeness (QED) is 0.922. The Morgan fingerprint density at radius 3 is 2.43 bits per heavy atom. The molecule has 1 aliphatic heterocycles. The fraction of sp³-hybridized carbons (Fsp3) is 0.588. The summed E-state index contributed by atoms with van der Waals surface area (Å²) >= 11 is 5.97. The topological polar surface area (TPSA) is 32.3 Å². The number of halogens is 1. The van der Waals surface area contributed by atoms with Gasteiger partial charge in [-0.25, -0.2) is 0 Å². The number of hydrogen-bond donors (Lipinski definition) is 1. The molecule has 0 aromatic heterocycles. The Bertz CT molecular complexity index is 543.